The van der Waals surface area contributed by atoms with Gasteiger partial charge in [0, 0.05) is 32.3 Å². The largest absolute Gasteiger partial charge is 0.368 e. The average Bonchev–Trinajstić information content (AvgIpc) is 3.16. The van der Waals surface area contributed by atoms with Crippen molar-refractivity contribution < 1.29 is 4.21 Å². The van der Waals surface area contributed by atoms with Crippen LogP contribution in [0.25, 0.3) is 43.4 Å². The number of rotatable bonds is 0. The minimum Gasteiger partial charge on any atom is -0.290 e. The molecule has 8 nitrogen and oxygen atoms in total. The third kappa shape index (κ3) is 1.49. The molecular formula is C17H6N4O4S. The molecule has 0 atom stereocenters. The van der Waals surface area contributed by atoms with Crippen LogP contribution in [-0.2, 0) is 11.2 Å². The quantitative estimate of drug-likeness (QED) is 0.395. The summed E-state index contributed by atoms with van der Waals surface area (Å²) in [6.07, 6.45) is 0. The standard InChI is InChI=1S/C17H6N4O4S/c22-5-1-7-11-9(3-5)15-16(21-26(25)20-15)10-4-6(23)2-8(12(10)11)14-13(7)18-17(24)19-14/h1-4,20-21H. The molecule has 0 radical (unpaired) electrons. The monoisotopic (exact) mass is 362 g/mol. The zero-order valence-electron chi connectivity index (χ0n) is 12.7. The molecule has 0 aliphatic carbocycles. The first-order chi connectivity index (χ1) is 12.5. The maximum absolute atomic E-state index is 12.3. The zero-order valence-corrected chi connectivity index (χ0v) is 13.6. The van der Waals surface area contributed by atoms with E-state index in [4.69, 9.17) is 0 Å². The fourth-order valence-electron chi connectivity index (χ4n) is 3.93. The summed E-state index contributed by atoms with van der Waals surface area (Å²) in [5.41, 5.74) is 0.380. The molecule has 4 aromatic carbocycles. The van der Waals surface area contributed by atoms with Gasteiger partial charge in [-0.15, -0.1) is 0 Å². The van der Waals surface area contributed by atoms with Crippen molar-refractivity contribution in [2.45, 2.75) is 0 Å². The molecule has 0 spiro atoms. The first-order valence-electron chi connectivity index (χ1n) is 7.64. The van der Waals surface area contributed by atoms with Gasteiger partial charge in [0.15, 0.2) is 10.9 Å². The topological polar surface area (TPSA) is 118 Å². The molecule has 0 saturated heterocycles. The summed E-state index contributed by atoms with van der Waals surface area (Å²) in [4.78, 5) is 44.2. The Labute approximate surface area is 145 Å². The minimum atomic E-state index is -1.57. The molecule has 0 amide bonds. The van der Waals surface area contributed by atoms with Gasteiger partial charge in [0.1, 0.15) is 11.0 Å². The highest BCUT2D eigenvalue weighted by atomic mass is 32.2. The van der Waals surface area contributed by atoms with Crippen molar-refractivity contribution in [2.24, 2.45) is 0 Å². The molecule has 2 heterocycles. The lowest BCUT2D eigenvalue weighted by molar-refractivity contribution is 0.690. The number of aromatic nitrogens is 2. The van der Waals surface area contributed by atoms with E-state index in [0.29, 0.717) is 54.7 Å². The Morgan fingerprint density at radius 2 is 1.12 bits per heavy atom. The molecule has 124 valence electrons. The molecule has 0 bridgehead atoms. The molecule has 0 fully saturated rings. The first-order valence-corrected chi connectivity index (χ1v) is 8.79. The van der Waals surface area contributed by atoms with Gasteiger partial charge < -0.3 is 0 Å². The molecule has 9 heteroatoms. The van der Waals surface area contributed by atoms with E-state index in [1.54, 1.807) is 0 Å². The van der Waals surface area contributed by atoms with Crippen molar-refractivity contribution in [1.82, 2.24) is 9.97 Å². The Morgan fingerprint density at radius 3 is 1.58 bits per heavy atom. The molecule has 5 aromatic rings. The second kappa shape index (κ2) is 4.20. The summed E-state index contributed by atoms with van der Waals surface area (Å²) < 4.78 is 17.6. The number of fused-ring (bicyclic) bond motifs is 6. The number of nitrogens with one attached hydrogen (secondary N) is 2. The van der Waals surface area contributed by atoms with Crippen LogP contribution in [0.1, 0.15) is 0 Å². The Kier molecular flexibility index (Phi) is 2.23. The van der Waals surface area contributed by atoms with E-state index >= 15 is 0 Å². The molecule has 0 saturated carbocycles. The highest BCUT2D eigenvalue weighted by Crippen LogP contribution is 2.47. The van der Waals surface area contributed by atoms with Crippen molar-refractivity contribution in [2.75, 3.05) is 9.44 Å². The zero-order chi connectivity index (χ0) is 17.7. The van der Waals surface area contributed by atoms with Crippen LogP contribution in [0, 0.1) is 0 Å². The highest BCUT2D eigenvalue weighted by molar-refractivity contribution is 7.88. The normalized spacial score (nSPS) is 14.5. The molecule has 26 heavy (non-hydrogen) atoms. The third-order valence-corrected chi connectivity index (χ3v) is 5.58. The smallest absolute Gasteiger partial charge is 0.290 e. The second-order valence-electron chi connectivity index (χ2n) is 6.21. The van der Waals surface area contributed by atoms with Crippen molar-refractivity contribution in [1.29, 1.82) is 0 Å². The van der Waals surface area contributed by atoms with E-state index in [1.165, 1.54) is 24.3 Å². The summed E-state index contributed by atoms with van der Waals surface area (Å²) in [6, 6.07) is 5.72. The van der Waals surface area contributed by atoms with Crippen LogP contribution in [0.4, 0.5) is 11.4 Å². The van der Waals surface area contributed by atoms with Crippen LogP contribution in [-0.4, -0.2) is 14.2 Å². The Bertz CT molecular complexity index is 1500. The van der Waals surface area contributed by atoms with Gasteiger partial charge in [-0.25, -0.2) is 9.00 Å². The molecule has 1 aromatic heterocycles. The van der Waals surface area contributed by atoms with Gasteiger partial charge in [0.25, 0.3) is 0 Å². The Morgan fingerprint density at radius 1 is 0.692 bits per heavy atom. The summed E-state index contributed by atoms with van der Waals surface area (Å²) >= 11 is -1.57. The van der Waals surface area contributed by atoms with Gasteiger partial charge in [-0.05, 0) is 24.3 Å². The van der Waals surface area contributed by atoms with Gasteiger partial charge in [-0.3, -0.25) is 19.0 Å². The van der Waals surface area contributed by atoms with Gasteiger partial charge >= 0.3 is 5.69 Å². The Balaban J connectivity index is 2.12. The lowest BCUT2D eigenvalue weighted by Gasteiger charge is -2.14. The molecule has 1 aliphatic heterocycles. The molecule has 0 unspecified atom stereocenters. The maximum atomic E-state index is 12.3. The van der Waals surface area contributed by atoms with Crippen molar-refractivity contribution in [3.05, 3.63) is 55.2 Å². The van der Waals surface area contributed by atoms with Crippen LogP contribution in [0.2, 0.25) is 0 Å². The van der Waals surface area contributed by atoms with Crippen LogP contribution >= 0.6 is 0 Å². The lowest BCUT2D eigenvalue weighted by Crippen LogP contribution is -2.03. The predicted octanol–water partition coefficient (Wildman–Crippen LogP) is 0.899. The lowest BCUT2D eigenvalue weighted by atomic mass is 9.91. The second-order valence-corrected chi connectivity index (χ2v) is 7.16. The average molecular weight is 362 g/mol. The minimum absolute atomic E-state index is 0.265. The van der Waals surface area contributed by atoms with Crippen LogP contribution in [0.5, 0.6) is 0 Å². The van der Waals surface area contributed by atoms with Gasteiger partial charge in [-0.2, -0.15) is 9.97 Å². The van der Waals surface area contributed by atoms with Crippen LogP contribution < -0.4 is 26.0 Å². The fourth-order valence-corrected chi connectivity index (χ4v) is 4.77. The van der Waals surface area contributed by atoms with Gasteiger partial charge in [0.05, 0.1) is 11.4 Å². The van der Waals surface area contributed by atoms with Crippen molar-refractivity contribution >= 4 is 65.9 Å². The number of anilines is 2. The fraction of sp³-hybridized carbons (Fsp3) is 0. The molecule has 2 N–H and O–H groups in total. The van der Waals surface area contributed by atoms with E-state index in [1.807, 2.05) is 0 Å². The molecular weight excluding hydrogens is 356 g/mol. The predicted molar refractivity (Wildman–Crippen MR) is 99.8 cm³/mol. The highest BCUT2D eigenvalue weighted by Gasteiger charge is 2.27. The summed E-state index contributed by atoms with van der Waals surface area (Å²) in [6.45, 7) is 0. The van der Waals surface area contributed by atoms with E-state index in [2.05, 4.69) is 19.4 Å². The number of nitrogens with zero attached hydrogens (tertiary/aromatic N) is 2. The van der Waals surface area contributed by atoms with Crippen molar-refractivity contribution in [3.63, 3.8) is 0 Å². The van der Waals surface area contributed by atoms with E-state index < -0.39 is 16.9 Å². The third-order valence-electron chi connectivity index (χ3n) is 4.80. The van der Waals surface area contributed by atoms with Crippen LogP contribution in [0.15, 0.2) is 38.6 Å². The summed E-state index contributed by atoms with van der Waals surface area (Å²) in [7, 11) is 0. The summed E-state index contributed by atoms with van der Waals surface area (Å²) in [5, 5.41) is 3.50. The van der Waals surface area contributed by atoms with Crippen LogP contribution in [0.3, 0.4) is 0 Å². The van der Waals surface area contributed by atoms with E-state index in [-0.39, 0.29) is 10.9 Å². The summed E-state index contributed by atoms with van der Waals surface area (Å²) in [5.74, 6) is 0. The number of hydrogen-bond donors (Lipinski definition) is 2. The van der Waals surface area contributed by atoms with E-state index in [9.17, 15) is 18.6 Å². The van der Waals surface area contributed by atoms with Gasteiger partial charge in [-0.1, -0.05) is 0 Å². The molecule has 1 aliphatic rings. The molecule has 6 rings (SSSR count). The number of hydrogen-bond acceptors (Lipinski definition) is 6. The van der Waals surface area contributed by atoms with Crippen molar-refractivity contribution in [3.8, 4) is 0 Å². The number of benzene rings is 4. The van der Waals surface area contributed by atoms with E-state index in [0.717, 1.165) is 0 Å². The SMILES string of the molecule is O=c1cc2c3c(c4cc(=O)cc5c6nc(=O)nc6c(c1)c2c45)NS(=O)N3. The van der Waals surface area contributed by atoms with Gasteiger partial charge in [0.2, 0.25) is 11.2 Å². The Hall–Kier alpha value is -3.46. The number of imidazole rings is 1. The first kappa shape index (κ1) is 13.8. The maximum Gasteiger partial charge on any atom is 0.368 e.